The van der Waals surface area contributed by atoms with Gasteiger partial charge in [-0.15, -0.1) is 0 Å². The number of pyridine rings is 1. The van der Waals surface area contributed by atoms with Gasteiger partial charge in [0.15, 0.2) is 0 Å². The Hall–Kier alpha value is -2.77. The van der Waals surface area contributed by atoms with E-state index >= 15 is 0 Å². The van der Waals surface area contributed by atoms with E-state index in [2.05, 4.69) is 5.32 Å². The molecule has 1 aromatic heterocycles. The molecule has 0 saturated carbocycles. The van der Waals surface area contributed by atoms with Crippen LogP contribution in [0.15, 0.2) is 35.1 Å². The number of amides is 1. The van der Waals surface area contributed by atoms with E-state index in [9.17, 15) is 22.8 Å². The Morgan fingerprint density at radius 1 is 1.23 bits per heavy atom. The fraction of sp³-hybridized carbons (Fsp3) is 0.333. The highest BCUT2D eigenvalue weighted by Crippen LogP contribution is 2.31. The number of methoxy groups -OCH3 is 1. The fourth-order valence-electron chi connectivity index (χ4n) is 3.11. The van der Waals surface area contributed by atoms with Crippen LogP contribution in [0.4, 0.5) is 18.9 Å². The SMILES string of the molecule is COc1cc(=O)n2c(c1C(=O)Nc1cccc(C(F)(F)F)c1)CCCC2. The highest BCUT2D eigenvalue weighted by molar-refractivity contribution is 6.07. The van der Waals surface area contributed by atoms with Crippen molar-refractivity contribution in [3.05, 3.63) is 57.5 Å². The summed E-state index contributed by atoms with van der Waals surface area (Å²) in [5, 5.41) is 2.48. The molecule has 0 fully saturated rings. The third-order valence-corrected chi connectivity index (χ3v) is 4.32. The third kappa shape index (κ3) is 3.44. The molecule has 2 aromatic rings. The Labute approximate surface area is 147 Å². The summed E-state index contributed by atoms with van der Waals surface area (Å²) >= 11 is 0. The van der Waals surface area contributed by atoms with E-state index in [1.165, 1.54) is 29.9 Å². The second kappa shape index (κ2) is 6.86. The number of alkyl halides is 3. The van der Waals surface area contributed by atoms with Crippen LogP contribution in [0, 0.1) is 0 Å². The fourth-order valence-corrected chi connectivity index (χ4v) is 3.11. The lowest BCUT2D eigenvalue weighted by molar-refractivity contribution is -0.137. The van der Waals surface area contributed by atoms with Gasteiger partial charge < -0.3 is 14.6 Å². The molecule has 0 atom stereocenters. The van der Waals surface area contributed by atoms with Crippen LogP contribution in [-0.2, 0) is 19.1 Å². The van der Waals surface area contributed by atoms with E-state index in [0.717, 1.165) is 25.0 Å². The Balaban J connectivity index is 2.00. The molecule has 0 saturated heterocycles. The number of carbonyl (C=O) groups is 1. The summed E-state index contributed by atoms with van der Waals surface area (Å²) in [6, 6.07) is 5.63. The molecule has 138 valence electrons. The first-order valence-electron chi connectivity index (χ1n) is 8.10. The van der Waals surface area contributed by atoms with Crippen LogP contribution in [0.2, 0.25) is 0 Å². The Morgan fingerprint density at radius 2 is 2.00 bits per heavy atom. The first-order chi connectivity index (χ1) is 12.3. The van der Waals surface area contributed by atoms with Crippen molar-refractivity contribution in [1.29, 1.82) is 0 Å². The zero-order valence-electron chi connectivity index (χ0n) is 14.0. The minimum Gasteiger partial charge on any atom is -0.496 e. The molecular formula is C18H17F3N2O3. The summed E-state index contributed by atoms with van der Waals surface area (Å²) in [7, 11) is 1.34. The zero-order chi connectivity index (χ0) is 18.9. The molecule has 2 heterocycles. The molecule has 1 amide bonds. The predicted molar refractivity (Wildman–Crippen MR) is 89.6 cm³/mol. The van der Waals surface area contributed by atoms with Crippen molar-refractivity contribution >= 4 is 11.6 Å². The van der Waals surface area contributed by atoms with E-state index in [1.54, 1.807) is 0 Å². The smallest absolute Gasteiger partial charge is 0.416 e. The van der Waals surface area contributed by atoms with Crippen molar-refractivity contribution in [1.82, 2.24) is 4.57 Å². The summed E-state index contributed by atoms with van der Waals surface area (Å²) in [6.07, 6.45) is -2.33. The molecule has 0 unspecified atom stereocenters. The van der Waals surface area contributed by atoms with Crippen LogP contribution in [-0.4, -0.2) is 17.6 Å². The molecule has 0 spiro atoms. The molecule has 3 rings (SSSR count). The predicted octanol–water partition coefficient (Wildman–Crippen LogP) is 3.46. The monoisotopic (exact) mass is 366 g/mol. The number of ether oxygens (including phenoxy) is 1. The molecule has 0 aliphatic carbocycles. The van der Waals surface area contributed by atoms with Crippen molar-refractivity contribution in [3.8, 4) is 5.75 Å². The maximum Gasteiger partial charge on any atom is 0.416 e. The van der Waals surface area contributed by atoms with Crippen LogP contribution in [0.3, 0.4) is 0 Å². The lowest BCUT2D eigenvalue weighted by Crippen LogP contribution is -2.30. The number of nitrogens with one attached hydrogen (secondary N) is 1. The van der Waals surface area contributed by atoms with E-state index in [0.29, 0.717) is 18.7 Å². The molecule has 1 aliphatic heterocycles. The number of rotatable bonds is 3. The van der Waals surface area contributed by atoms with Gasteiger partial charge in [0.1, 0.15) is 11.3 Å². The first-order valence-corrected chi connectivity index (χ1v) is 8.10. The third-order valence-electron chi connectivity index (χ3n) is 4.32. The number of nitrogens with zero attached hydrogens (tertiary/aromatic N) is 1. The highest BCUT2D eigenvalue weighted by Gasteiger charge is 2.31. The van der Waals surface area contributed by atoms with Gasteiger partial charge in [0.05, 0.1) is 12.7 Å². The van der Waals surface area contributed by atoms with Crippen LogP contribution in [0.5, 0.6) is 5.75 Å². The topological polar surface area (TPSA) is 60.3 Å². The van der Waals surface area contributed by atoms with Crippen LogP contribution in [0.25, 0.3) is 0 Å². The minimum absolute atomic E-state index is 0.0210. The molecular weight excluding hydrogens is 349 g/mol. The van der Waals surface area contributed by atoms with E-state index in [-0.39, 0.29) is 22.6 Å². The number of fused-ring (bicyclic) bond motifs is 1. The number of hydrogen-bond donors (Lipinski definition) is 1. The van der Waals surface area contributed by atoms with Gasteiger partial charge in [-0.2, -0.15) is 13.2 Å². The largest absolute Gasteiger partial charge is 0.496 e. The maximum absolute atomic E-state index is 12.8. The van der Waals surface area contributed by atoms with Crippen LogP contribution >= 0.6 is 0 Å². The summed E-state index contributed by atoms with van der Waals surface area (Å²) in [5.74, 6) is -0.487. The lowest BCUT2D eigenvalue weighted by atomic mass is 10.0. The Kier molecular flexibility index (Phi) is 4.76. The molecule has 26 heavy (non-hydrogen) atoms. The summed E-state index contributed by atoms with van der Waals surface area (Å²) in [6.45, 7) is 0.502. The van der Waals surface area contributed by atoms with Crippen molar-refractivity contribution in [2.75, 3.05) is 12.4 Å². The van der Waals surface area contributed by atoms with Gasteiger partial charge in [-0.3, -0.25) is 9.59 Å². The lowest BCUT2D eigenvalue weighted by Gasteiger charge is -2.22. The molecule has 1 N–H and O–H groups in total. The molecule has 8 heteroatoms. The Bertz CT molecular complexity index is 904. The van der Waals surface area contributed by atoms with Crippen molar-refractivity contribution in [3.63, 3.8) is 0 Å². The molecule has 5 nitrogen and oxygen atoms in total. The molecule has 0 radical (unpaired) electrons. The van der Waals surface area contributed by atoms with Crippen molar-refractivity contribution in [2.45, 2.75) is 32.0 Å². The van der Waals surface area contributed by atoms with Gasteiger partial charge in [0, 0.05) is 24.0 Å². The van der Waals surface area contributed by atoms with Gasteiger partial charge in [0.2, 0.25) is 0 Å². The minimum atomic E-state index is -4.50. The molecule has 1 aliphatic rings. The van der Waals surface area contributed by atoms with Gasteiger partial charge in [-0.05, 0) is 37.5 Å². The van der Waals surface area contributed by atoms with Gasteiger partial charge in [-0.1, -0.05) is 6.07 Å². The highest BCUT2D eigenvalue weighted by atomic mass is 19.4. The average Bonchev–Trinajstić information content (AvgIpc) is 2.61. The Morgan fingerprint density at radius 3 is 2.69 bits per heavy atom. The van der Waals surface area contributed by atoms with Gasteiger partial charge in [-0.25, -0.2) is 0 Å². The number of benzene rings is 1. The van der Waals surface area contributed by atoms with Crippen LogP contribution in [0.1, 0.15) is 34.5 Å². The number of anilines is 1. The number of aromatic nitrogens is 1. The van der Waals surface area contributed by atoms with E-state index in [4.69, 9.17) is 4.74 Å². The number of hydrogen-bond acceptors (Lipinski definition) is 3. The summed E-state index contributed by atoms with van der Waals surface area (Å²) in [5.41, 5.74) is -0.359. The van der Waals surface area contributed by atoms with E-state index in [1.807, 2.05) is 0 Å². The quantitative estimate of drug-likeness (QED) is 0.905. The second-order valence-electron chi connectivity index (χ2n) is 6.01. The van der Waals surface area contributed by atoms with Crippen molar-refractivity contribution in [2.24, 2.45) is 0 Å². The second-order valence-corrected chi connectivity index (χ2v) is 6.01. The van der Waals surface area contributed by atoms with Gasteiger partial charge >= 0.3 is 6.18 Å². The number of carbonyl (C=O) groups excluding carboxylic acids is 1. The summed E-state index contributed by atoms with van der Waals surface area (Å²) in [4.78, 5) is 24.9. The van der Waals surface area contributed by atoms with E-state index < -0.39 is 17.6 Å². The summed E-state index contributed by atoms with van der Waals surface area (Å²) < 4.78 is 45.2. The standard InChI is InChI=1S/C18H17F3N2O3/c1-26-14-10-15(24)23-8-3-2-7-13(23)16(14)17(25)22-12-6-4-5-11(9-12)18(19,20)21/h4-6,9-10H,2-3,7-8H2,1H3,(H,22,25). The normalized spacial score (nSPS) is 13.8. The molecule has 1 aromatic carbocycles. The van der Waals surface area contributed by atoms with Crippen LogP contribution < -0.4 is 15.6 Å². The maximum atomic E-state index is 12.8. The zero-order valence-corrected chi connectivity index (χ0v) is 14.0. The molecule has 0 bridgehead atoms. The average molecular weight is 366 g/mol. The van der Waals surface area contributed by atoms with Gasteiger partial charge in [0.25, 0.3) is 11.5 Å². The first kappa shape index (κ1) is 18.0. The van der Waals surface area contributed by atoms with Crippen molar-refractivity contribution < 1.29 is 22.7 Å². The number of halogens is 3.